The maximum Gasteiger partial charge on any atom is 0.0542 e. The van der Waals surface area contributed by atoms with E-state index in [9.17, 15) is 0 Å². The van der Waals surface area contributed by atoms with E-state index in [4.69, 9.17) is 0 Å². The van der Waals surface area contributed by atoms with Gasteiger partial charge in [0, 0.05) is 20.2 Å². The van der Waals surface area contributed by atoms with Gasteiger partial charge in [-0.1, -0.05) is 75.8 Å². The maximum atomic E-state index is 2.44. The molecule has 0 atom stereocenters. The Kier molecular flexibility index (Phi) is 5.38. The van der Waals surface area contributed by atoms with Crippen molar-refractivity contribution in [2.75, 3.05) is 0 Å². The van der Waals surface area contributed by atoms with E-state index in [-0.39, 0.29) is 0 Å². The molecule has 130 valence electrons. The maximum absolute atomic E-state index is 2.44. The molecule has 4 aromatic rings. The summed E-state index contributed by atoms with van der Waals surface area (Å²) in [7, 11) is 0. The van der Waals surface area contributed by atoms with Gasteiger partial charge in [0.1, 0.15) is 0 Å². The first-order chi connectivity index (χ1) is 12.4. The number of aryl methyl sites for hydroxylation is 1. The molecule has 0 amide bonds. The molecular formula is C23H26S2. The molecule has 2 aromatic heterocycles. The molecule has 0 N–H and O–H groups in total. The molecule has 2 heteroatoms. The fourth-order valence-electron chi connectivity index (χ4n) is 3.69. The zero-order valence-corrected chi connectivity index (χ0v) is 16.6. The summed E-state index contributed by atoms with van der Waals surface area (Å²) in [6, 6.07) is 16.0. The minimum absolute atomic E-state index is 1.23. The van der Waals surface area contributed by atoms with Gasteiger partial charge in [-0.2, -0.15) is 0 Å². The summed E-state index contributed by atoms with van der Waals surface area (Å²) in [5.41, 5.74) is 1.51. The number of thiophene rings is 2. The number of hydrogen-bond donors (Lipinski definition) is 0. The predicted molar refractivity (Wildman–Crippen MR) is 116 cm³/mol. The van der Waals surface area contributed by atoms with E-state index in [1.54, 1.807) is 0 Å². The Morgan fingerprint density at radius 1 is 0.680 bits per heavy atom. The van der Waals surface area contributed by atoms with Crippen molar-refractivity contribution in [2.24, 2.45) is 0 Å². The highest BCUT2D eigenvalue weighted by molar-refractivity contribution is 7.36. The largest absolute Gasteiger partial charge is 0.134 e. The molecule has 0 aliphatic heterocycles. The summed E-state index contributed by atoms with van der Waals surface area (Å²) in [5, 5.41) is 2.88. The molecule has 0 aliphatic carbocycles. The van der Waals surface area contributed by atoms with Crippen LogP contribution >= 0.6 is 22.7 Å². The molecule has 0 saturated carbocycles. The van der Waals surface area contributed by atoms with E-state index in [0.29, 0.717) is 0 Å². The predicted octanol–water partition coefficient (Wildman–Crippen LogP) is 8.56. The molecule has 2 aromatic carbocycles. The van der Waals surface area contributed by atoms with Crippen molar-refractivity contribution in [3.05, 3.63) is 48.0 Å². The smallest absolute Gasteiger partial charge is 0.0542 e. The van der Waals surface area contributed by atoms with Crippen molar-refractivity contribution in [3.8, 4) is 0 Å². The molecule has 25 heavy (non-hydrogen) atoms. The summed E-state index contributed by atoms with van der Waals surface area (Å²) in [6.45, 7) is 2.29. The lowest BCUT2D eigenvalue weighted by Crippen LogP contribution is -1.86. The van der Waals surface area contributed by atoms with Crippen molar-refractivity contribution in [1.29, 1.82) is 0 Å². The van der Waals surface area contributed by atoms with Gasteiger partial charge < -0.3 is 0 Å². The molecule has 0 aliphatic rings. The highest BCUT2D eigenvalue weighted by Crippen LogP contribution is 2.44. The Hall–Kier alpha value is -1.38. The van der Waals surface area contributed by atoms with Gasteiger partial charge in [0.25, 0.3) is 0 Å². The summed E-state index contributed by atoms with van der Waals surface area (Å²) >= 11 is 3.92. The highest BCUT2D eigenvalue weighted by Gasteiger charge is 2.11. The average molecular weight is 367 g/mol. The number of rotatable bonds is 8. The molecule has 0 spiro atoms. The van der Waals surface area contributed by atoms with Gasteiger partial charge in [-0.15, -0.1) is 22.7 Å². The standard InChI is InChI=1S/C23H26S2/c1-2-3-4-5-6-7-8-11-17-14-15-19-21(16-17)25-22-18-12-9-10-13-20(18)24-23(19)22/h9-10,12-16H,2-8,11H2,1H3. The van der Waals surface area contributed by atoms with Gasteiger partial charge in [0.15, 0.2) is 0 Å². The molecule has 0 bridgehead atoms. The lowest BCUT2D eigenvalue weighted by molar-refractivity contribution is 0.589. The third-order valence-electron chi connectivity index (χ3n) is 5.12. The van der Waals surface area contributed by atoms with Crippen molar-refractivity contribution in [3.63, 3.8) is 0 Å². The fourth-order valence-corrected chi connectivity index (χ4v) is 6.41. The van der Waals surface area contributed by atoms with Crippen molar-refractivity contribution in [2.45, 2.75) is 58.3 Å². The van der Waals surface area contributed by atoms with Gasteiger partial charge in [0.05, 0.1) is 9.40 Å². The highest BCUT2D eigenvalue weighted by atomic mass is 32.1. The van der Waals surface area contributed by atoms with Crippen LogP contribution in [0.4, 0.5) is 0 Å². The van der Waals surface area contributed by atoms with E-state index in [1.807, 2.05) is 22.7 Å². The fraction of sp³-hybridized carbons (Fsp3) is 0.391. The molecule has 2 heterocycles. The molecule has 0 nitrogen and oxygen atoms in total. The second-order valence-electron chi connectivity index (χ2n) is 7.06. The molecular weight excluding hydrogens is 340 g/mol. The van der Waals surface area contributed by atoms with Gasteiger partial charge in [-0.05, 0) is 30.5 Å². The quantitative estimate of drug-likeness (QED) is 0.274. The van der Waals surface area contributed by atoms with E-state index in [0.717, 1.165) is 0 Å². The Labute approximate surface area is 158 Å². The zero-order valence-electron chi connectivity index (χ0n) is 15.0. The van der Waals surface area contributed by atoms with Gasteiger partial charge in [-0.3, -0.25) is 0 Å². The van der Waals surface area contributed by atoms with Crippen LogP contribution in [-0.4, -0.2) is 0 Å². The minimum Gasteiger partial charge on any atom is -0.134 e. The lowest BCUT2D eigenvalue weighted by atomic mass is 10.0. The summed E-state index contributed by atoms with van der Waals surface area (Å²) in [6.07, 6.45) is 10.9. The third kappa shape index (κ3) is 3.61. The number of unbranched alkanes of at least 4 members (excludes halogenated alkanes) is 6. The van der Waals surface area contributed by atoms with Crippen LogP contribution < -0.4 is 0 Å². The topological polar surface area (TPSA) is 0 Å². The van der Waals surface area contributed by atoms with Crippen LogP contribution in [0.5, 0.6) is 0 Å². The van der Waals surface area contributed by atoms with Gasteiger partial charge >= 0.3 is 0 Å². The van der Waals surface area contributed by atoms with Crippen LogP contribution in [0.15, 0.2) is 42.5 Å². The minimum atomic E-state index is 1.23. The summed E-state index contributed by atoms with van der Waals surface area (Å²) < 4.78 is 5.83. The lowest BCUT2D eigenvalue weighted by Gasteiger charge is -2.03. The van der Waals surface area contributed by atoms with E-state index >= 15 is 0 Å². The number of hydrogen-bond acceptors (Lipinski definition) is 2. The summed E-state index contributed by atoms with van der Waals surface area (Å²) in [5.74, 6) is 0. The van der Waals surface area contributed by atoms with Crippen LogP contribution in [0.2, 0.25) is 0 Å². The Bertz CT molecular complexity index is 974. The zero-order chi connectivity index (χ0) is 17.1. The first kappa shape index (κ1) is 17.1. The molecule has 0 unspecified atom stereocenters. The molecule has 0 saturated heterocycles. The Balaban J connectivity index is 1.46. The van der Waals surface area contributed by atoms with Crippen LogP contribution in [0.25, 0.3) is 29.6 Å². The summed E-state index contributed by atoms with van der Waals surface area (Å²) in [4.78, 5) is 0. The van der Waals surface area contributed by atoms with Gasteiger partial charge in [-0.25, -0.2) is 0 Å². The van der Waals surface area contributed by atoms with Crippen LogP contribution in [-0.2, 0) is 6.42 Å². The monoisotopic (exact) mass is 366 g/mol. The molecule has 0 fully saturated rings. The van der Waals surface area contributed by atoms with Crippen LogP contribution in [0, 0.1) is 0 Å². The first-order valence-electron chi connectivity index (χ1n) is 9.69. The third-order valence-corrected chi connectivity index (χ3v) is 7.64. The van der Waals surface area contributed by atoms with E-state index in [1.165, 1.54) is 86.5 Å². The number of benzene rings is 2. The molecule has 0 radical (unpaired) electrons. The van der Waals surface area contributed by atoms with Crippen LogP contribution in [0.3, 0.4) is 0 Å². The molecule has 4 rings (SSSR count). The Morgan fingerprint density at radius 3 is 2.20 bits per heavy atom. The van der Waals surface area contributed by atoms with Gasteiger partial charge in [0.2, 0.25) is 0 Å². The second-order valence-corrected chi connectivity index (χ2v) is 9.16. The van der Waals surface area contributed by atoms with E-state index < -0.39 is 0 Å². The van der Waals surface area contributed by atoms with Crippen LogP contribution in [0.1, 0.15) is 57.4 Å². The Morgan fingerprint density at radius 2 is 1.36 bits per heavy atom. The second kappa shape index (κ2) is 7.88. The van der Waals surface area contributed by atoms with Crippen molar-refractivity contribution >= 4 is 52.2 Å². The first-order valence-corrected chi connectivity index (χ1v) is 11.3. The van der Waals surface area contributed by atoms with E-state index in [2.05, 4.69) is 49.4 Å². The van der Waals surface area contributed by atoms with Crippen molar-refractivity contribution in [1.82, 2.24) is 0 Å². The normalized spacial score (nSPS) is 11.9. The average Bonchev–Trinajstić information content (AvgIpc) is 3.16. The SMILES string of the molecule is CCCCCCCCCc1ccc2c(c1)sc1c3ccccc3sc21. The number of fused-ring (bicyclic) bond motifs is 5. The van der Waals surface area contributed by atoms with Crippen molar-refractivity contribution < 1.29 is 0 Å².